The Morgan fingerprint density at radius 1 is 1.47 bits per heavy atom. The first-order valence-electron chi connectivity index (χ1n) is 4.23. The van der Waals surface area contributed by atoms with E-state index in [1.165, 1.54) is 6.92 Å². The van der Waals surface area contributed by atoms with E-state index >= 15 is 0 Å². The van der Waals surface area contributed by atoms with Crippen LogP contribution in [0.2, 0.25) is 0 Å². The number of rotatable bonds is 0. The molecular weight excluding hydrogens is 196 g/mol. The van der Waals surface area contributed by atoms with Gasteiger partial charge >= 0.3 is 0 Å². The van der Waals surface area contributed by atoms with E-state index in [2.05, 4.69) is 0 Å². The number of carbonyl (C=O) groups is 1. The Morgan fingerprint density at radius 2 is 2.00 bits per heavy atom. The van der Waals surface area contributed by atoms with Crippen LogP contribution in [0.3, 0.4) is 0 Å². The third kappa shape index (κ3) is 1.96. The highest BCUT2D eigenvalue weighted by Crippen LogP contribution is 2.29. The Kier molecular flexibility index (Phi) is 3.39. The van der Waals surface area contributed by atoms with Crippen molar-refractivity contribution in [3.63, 3.8) is 0 Å². The van der Waals surface area contributed by atoms with E-state index in [0.717, 1.165) is 0 Å². The molecule has 0 aliphatic carbocycles. The van der Waals surface area contributed by atoms with E-state index in [9.17, 15) is 9.90 Å². The van der Waals surface area contributed by atoms with Crippen LogP contribution in [0, 0.1) is 11.3 Å². The molecule has 1 aliphatic heterocycles. The molecule has 0 fully saturated rings. The van der Waals surface area contributed by atoms with E-state index in [4.69, 9.17) is 10.5 Å². The van der Waals surface area contributed by atoms with Crippen molar-refractivity contribution >= 4 is 5.91 Å². The Labute approximate surface area is 86.7 Å². The zero-order valence-corrected chi connectivity index (χ0v) is 8.08. The van der Waals surface area contributed by atoms with Gasteiger partial charge in [-0.25, -0.2) is 0 Å². The van der Waals surface area contributed by atoms with Crippen LogP contribution in [0.25, 0.3) is 0 Å². The number of hydrogen-bond donors (Lipinski definition) is 2. The summed E-state index contributed by atoms with van der Waals surface area (Å²) in [5.41, 5.74) is 0.803. The van der Waals surface area contributed by atoms with E-state index in [1.807, 2.05) is 0 Å². The predicted molar refractivity (Wildman–Crippen MR) is 50.6 cm³/mol. The molecule has 0 radical (unpaired) electrons. The molecule has 5 nitrogen and oxygen atoms in total. The smallest absolute Gasteiger partial charge is 0.280 e. The summed E-state index contributed by atoms with van der Waals surface area (Å²) < 4.78 is 0. The van der Waals surface area contributed by atoms with E-state index in [1.54, 1.807) is 30.3 Å². The van der Waals surface area contributed by atoms with E-state index in [-0.39, 0.29) is 0 Å². The average molecular weight is 206 g/mol. The maximum Gasteiger partial charge on any atom is 0.280 e. The van der Waals surface area contributed by atoms with Crippen molar-refractivity contribution in [2.75, 3.05) is 0 Å². The molecule has 0 spiro atoms. The highest BCUT2D eigenvalue weighted by molar-refractivity contribution is 5.97. The number of nitrogens with zero attached hydrogens (tertiary/aromatic N) is 2. The predicted octanol–water partition coefficient (Wildman–Crippen LogP) is 1.05. The third-order valence-electron chi connectivity index (χ3n) is 1.91. The third-order valence-corrected chi connectivity index (χ3v) is 1.91. The summed E-state index contributed by atoms with van der Waals surface area (Å²) in [4.78, 5) is 11.1. The molecule has 0 aromatic heterocycles. The molecular formula is C10H10N2O3. The number of aliphatic hydroxyl groups excluding tert-OH is 1. The van der Waals surface area contributed by atoms with Gasteiger partial charge in [-0.3, -0.25) is 10.0 Å². The van der Waals surface area contributed by atoms with E-state index < -0.39 is 12.1 Å². The Bertz CT molecular complexity index is 411. The lowest BCUT2D eigenvalue weighted by Gasteiger charge is -2.10. The number of nitriles is 1. The van der Waals surface area contributed by atoms with Crippen LogP contribution >= 0.6 is 0 Å². The molecule has 0 bridgehead atoms. The van der Waals surface area contributed by atoms with Gasteiger partial charge in [0, 0.05) is 18.1 Å². The SMILES string of the molecule is CC#N.O=C1c2ccccc2C(O)N1O. The molecule has 1 aromatic carbocycles. The summed E-state index contributed by atoms with van der Waals surface area (Å²) in [6.45, 7) is 1.43. The van der Waals surface area contributed by atoms with Crippen molar-refractivity contribution in [1.82, 2.24) is 5.06 Å². The number of hydroxylamine groups is 2. The summed E-state index contributed by atoms with van der Waals surface area (Å²) >= 11 is 0. The molecule has 0 saturated carbocycles. The molecule has 5 heteroatoms. The van der Waals surface area contributed by atoms with Crippen LogP contribution in [0.4, 0.5) is 0 Å². The van der Waals surface area contributed by atoms with Gasteiger partial charge < -0.3 is 5.11 Å². The molecule has 1 unspecified atom stereocenters. The van der Waals surface area contributed by atoms with E-state index in [0.29, 0.717) is 16.2 Å². The number of aliphatic hydroxyl groups is 1. The highest BCUT2D eigenvalue weighted by atomic mass is 16.5. The number of hydrogen-bond acceptors (Lipinski definition) is 4. The molecule has 1 atom stereocenters. The minimum atomic E-state index is -1.21. The average Bonchev–Trinajstić information content (AvgIpc) is 2.46. The lowest BCUT2D eigenvalue weighted by Crippen LogP contribution is -2.23. The summed E-state index contributed by atoms with van der Waals surface area (Å²) in [6.07, 6.45) is -1.21. The van der Waals surface area contributed by atoms with Gasteiger partial charge in [-0.2, -0.15) is 10.3 Å². The van der Waals surface area contributed by atoms with Crippen molar-refractivity contribution in [3.8, 4) is 6.07 Å². The number of benzene rings is 1. The monoisotopic (exact) mass is 206 g/mol. The Morgan fingerprint density at radius 3 is 2.53 bits per heavy atom. The van der Waals surface area contributed by atoms with Gasteiger partial charge in [-0.05, 0) is 6.07 Å². The second kappa shape index (κ2) is 4.55. The molecule has 15 heavy (non-hydrogen) atoms. The van der Waals surface area contributed by atoms with Crippen LogP contribution in [0.1, 0.15) is 29.1 Å². The van der Waals surface area contributed by atoms with Gasteiger partial charge in [0.1, 0.15) is 0 Å². The van der Waals surface area contributed by atoms with Gasteiger partial charge in [0.2, 0.25) is 0 Å². The Balaban J connectivity index is 0.000000337. The summed E-state index contributed by atoms with van der Waals surface area (Å²) in [6, 6.07) is 8.31. The molecule has 1 heterocycles. The largest absolute Gasteiger partial charge is 0.367 e. The standard InChI is InChI=1S/C8H7NO3.C2H3N/c10-7-5-3-1-2-4-6(5)8(11)9(7)12;1-2-3/h1-4,7,10,12H;1H3. The molecule has 0 saturated heterocycles. The molecule has 1 amide bonds. The van der Waals surface area contributed by atoms with Crippen molar-refractivity contribution in [2.45, 2.75) is 13.2 Å². The molecule has 2 N–H and O–H groups in total. The molecule has 78 valence electrons. The molecule has 1 aliphatic rings. The van der Waals surface area contributed by atoms with Crippen molar-refractivity contribution in [2.24, 2.45) is 0 Å². The Hall–Kier alpha value is -1.90. The van der Waals surface area contributed by atoms with Crippen molar-refractivity contribution in [3.05, 3.63) is 35.4 Å². The minimum absolute atomic E-state index is 0.324. The van der Waals surface area contributed by atoms with Gasteiger partial charge in [-0.15, -0.1) is 0 Å². The lowest BCUT2D eigenvalue weighted by molar-refractivity contribution is -0.152. The first kappa shape index (κ1) is 11.2. The van der Waals surface area contributed by atoms with Crippen LogP contribution in [0.15, 0.2) is 24.3 Å². The maximum atomic E-state index is 11.1. The quantitative estimate of drug-likeness (QED) is 0.621. The fraction of sp³-hybridized carbons (Fsp3) is 0.200. The highest BCUT2D eigenvalue weighted by Gasteiger charge is 2.33. The molecule has 2 rings (SSSR count). The summed E-state index contributed by atoms with van der Waals surface area (Å²) in [5.74, 6) is -0.557. The first-order chi connectivity index (χ1) is 7.13. The zero-order valence-electron chi connectivity index (χ0n) is 8.08. The fourth-order valence-corrected chi connectivity index (χ4v) is 1.28. The van der Waals surface area contributed by atoms with Crippen LogP contribution < -0.4 is 0 Å². The topological polar surface area (TPSA) is 84.6 Å². The number of carbonyl (C=O) groups excluding carboxylic acids is 1. The fourth-order valence-electron chi connectivity index (χ4n) is 1.28. The normalized spacial score (nSPS) is 17.6. The lowest BCUT2D eigenvalue weighted by atomic mass is 10.1. The van der Waals surface area contributed by atoms with Gasteiger partial charge in [0.05, 0.1) is 6.07 Å². The summed E-state index contributed by atoms with van der Waals surface area (Å²) in [5, 5.41) is 25.9. The summed E-state index contributed by atoms with van der Waals surface area (Å²) in [7, 11) is 0. The zero-order chi connectivity index (χ0) is 11.4. The van der Waals surface area contributed by atoms with Gasteiger partial charge in [0.25, 0.3) is 5.91 Å². The number of fused-ring (bicyclic) bond motifs is 1. The molecule has 1 aromatic rings. The second-order valence-electron chi connectivity index (χ2n) is 2.83. The number of amides is 1. The maximum absolute atomic E-state index is 11.1. The van der Waals surface area contributed by atoms with Crippen LogP contribution in [0.5, 0.6) is 0 Å². The van der Waals surface area contributed by atoms with Crippen LogP contribution in [-0.2, 0) is 0 Å². The van der Waals surface area contributed by atoms with Gasteiger partial charge in [0.15, 0.2) is 6.23 Å². The van der Waals surface area contributed by atoms with Crippen LogP contribution in [-0.4, -0.2) is 21.3 Å². The second-order valence-corrected chi connectivity index (χ2v) is 2.83. The van der Waals surface area contributed by atoms with Crippen molar-refractivity contribution < 1.29 is 15.1 Å². The first-order valence-corrected chi connectivity index (χ1v) is 4.23. The minimum Gasteiger partial charge on any atom is -0.367 e. The van der Waals surface area contributed by atoms with Gasteiger partial charge in [-0.1, -0.05) is 18.2 Å². The van der Waals surface area contributed by atoms with Crippen molar-refractivity contribution in [1.29, 1.82) is 5.26 Å².